The molecule has 0 aliphatic carbocycles. The Labute approximate surface area is 96.2 Å². The lowest BCUT2D eigenvalue weighted by Gasteiger charge is -2.23. The second-order valence-corrected chi connectivity index (χ2v) is 4.77. The molecule has 0 aromatic heterocycles. The molecule has 3 heteroatoms. The van der Waals surface area contributed by atoms with Gasteiger partial charge in [-0.15, -0.1) is 0 Å². The second-order valence-electron chi connectivity index (χ2n) is 4.77. The highest BCUT2D eigenvalue weighted by Crippen LogP contribution is 2.24. The van der Waals surface area contributed by atoms with Gasteiger partial charge >= 0.3 is 0 Å². The number of benzene rings is 1. The highest BCUT2D eigenvalue weighted by atomic mass is 19.1. The van der Waals surface area contributed by atoms with Gasteiger partial charge in [-0.3, -0.25) is 0 Å². The Hall–Kier alpha value is -1.25. The van der Waals surface area contributed by atoms with E-state index < -0.39 is 0 Å². The van der Waals surface area contributed by atoms with Crippen LogP contribution >= 0.6 is 0 Å². The Kier molecular flexibility index (Phi) is 3.32. The van der Waals surface area contributed by atoms with E-state index >= 15 is 0 Å². The molecule has 0 saturated carbocycles. The molecule has 1 heterocycles. The third kappa shape index (κ3) is 2.65. The fourth-order valence-electron chi connectivity index (χ4n) is 2.30. The summed E-state index contributed by atoms with van der Waals surface area (Å²) in [5.41, 5.74) is 7.10. The first-order chi connectivity index (χ1) is 7.65. The van der Waals surface area contributed by atoms with Crippen LogP contribution in [-0.4, -0.2) is 13.1 Å². The molecule has 1 atom stereocenters. The van der Waals surface area contributed by atoms with Gasteiger partial charge in [0, 0.05) is 24.5 Å². The molecule has 0 spiro atoms. The zero-order chi connectivity index (χ0) is 11.5. The van der Waals surface area contributed by atoms with Crippen LogP contribution in [-0.2, 0) is 0 Å². The van der Waals surface area contributed by atoms with E-state index in [1.54, 1.807) is 6.07 Å². The van der Waals surface area contributed by atoms with E-state index in [-0.39, 0.29) is 5.82 Å². The third-order valence-corrected chi connectivity index (χ3v) is 3.29. The Morgan fingerprint density at radius 2 is 2.06 bits per heavy atom. The molecule has 1 unspecified atom stereocenters. The first-order valence-corrected chi connectivity index (χ1v) is 5.96. The molecule has 2 rings (SSSR count). The molecule has 88 valence electrons. The lowest BCUT2D eigenvalue weighted by molar-refractivity contribution is 0.521. The van der Waals surface area contributed by atoms with Crippen molar-refractivity contribution in [2.24, 2.45) is 5.92 Å². The molecule has 0 radical (unpaired) electrons. The summed E-state index contributed by atoms with van der Waals surface area (Å²) in [4.78, 5) is 2.24. The van der Waals surface area contributed by atoms with Gasteiger partial charge in [0.1, 0.15) is 5.82 Å². The SMILES string of the molecule is CC1CCCN(c2cc(N)cc(F)c2)CC1. The third-order valence-electron chi connectivity index (χ3n) is 3.29. The zero-order valence-electron chi connectivity index (χ0n) is 9.75. The Bertz CT molecular complexity index is 345. The summed E-state index contributed by atoms with van der Waals surface area (Å²) in [6.45, 7) is 4.29. The summed E-state index contributed by atoms with van der Waals surface area (Å²) in [5, 5.41) is 0. The smallest absolute Gasteiger partial charge is 0.127 e. The summed E-state index contributed by atoms with van der Waals surface area (Å²) >= 11 is 0. The number of anilines is 2. The average Bonchev–Trinajstić information content (AvgIpc) is 2.41. The zero-order valence-corrected chi connectivity index (χ0v) is 9.75. The van der Waals surface area contributed by atoms with Crippen LogP contribution in [0.3, 0.4) is 0 Å². The van der Waals surface area contributed by atoms with Crippen LogP contribution in [0.15, 0.2) is 18.2 Å². The van der Waals surface area contributed by atoms with Gasteiger partial charge in [0.05, 0.1) is 0 Å². The summed E-state index contributed by atoms with van der Waals surface area (Å²) < 4.78 is 13.3. The summed E-state index contributed by atoms with van der Waals surface area (Å²) in [6, 6.07) is 4.80. The summed E-state index contributed by atoms with van der Waals surface area (Å²) in [7, 11) is 0. The van der Waals surface area contributed by atoms with E-state index in [4.69, 9.17) is 5.73 Å². The van der Waals surface area contributed by atoms with Crippen molar-refractivity contribution in [3.8, 4) is 0 Å². The fourth-order valence-corrected chi connectivity index (χ4v) is 2.30. The van der Waals surface area contributed by atoms with E-state index in [0.717, 1.165) is 24.7 Å². The molecule has 1 fully saturated rings. The van der Waals surface area contributed by atoms with Crippen molar-refractivity contribution in [3.05, 3.63) is 24.0 Å². The van der Waals surface area contributed by atoms with Crippen LogP contribution in [0.5, 0.6) is 0 Å². The van der Waals surface area contributed by atoms with Crippen molar-refractivity contribution >= 4 is 11.4 Å². The van der Waals surface area contributed by atoms with Crippen molar-refractivity contribution < 1.29 is 4.39 Å². The van der Waals surface area contributed by atoms with Crippen molar-refractivity contribution in [1.82, 2.24) is 0 Å². The molecule has 1 aromatic rings. The molecule has 0 amide bonds. The van der Waals surface area contributed by atoms with Gasteiger partial charge in [0.25, 0.3) is 0 Å². The minimum atomic E-state index is -0.243. The second kappa shape index (κ2) is 4.73. The Balaban J connectivity index is 2.16. The highest BCUT2D eigenvalue weighted by molar-refractivity contribution is 5.56. The Morgan fingerprint density at radius 3 is 2.81 bits per heavy atom. The first-order valence-electron chi connectivity index (χ1n) is 5.96. The molecule has 2 nitrogen and oxygen atoms in total. The number of halogens is 1. The average molecular weight is 222 g/mol. The maximum atomic E-state index is 13.3. The predicted molar refractivity (Wildman–Crippen MR) is 66.0 cm³/mol. The Morgan fingerprint density at radius 1 is 1.25 bits per heavy atom. The van der Waals surface area contributed by atoms with Crippen molar-refractivity contribution in [2.45, 2.75) is 26.2 Å². The molecule has 0 bridgehead atoms. The van der Waals surface area contributed by atoms with Crippen LogP contribution in [0.1, 0.15) is 26.2 Å². The van der Waals surface area contributed by atoms with Crippen molar-refractivity contribution in [3.63, 3.8) is 0 Å². The van der Waals surface area contributed by atoms with Gasteiger partial charge in [-0.2, -0.15) is 0 Å². The molecular formula is C13H19FN2. The van der Waals surface area contributed by atoms with E-state index in [0.29, 0.717) is 5.69 Å². The standard InChI is InChI=1S/C13H19FN2/c1-10-3-2-5-16(6-4-10)13-8-11(14)7-12(15)9-13/h7-10H,2-6,15H2,1H3. The summed E-state index contributed by atoms with van der Waals surface area (Å²) in [6.07, 6.45) is 3.62. The van der Waals surface area contributed by atoms with Crippen LogP contribution in [0.2, 0.25) is 0 Å². The first kappa shape index (κ1) is 11.2. The van der Waals surface area contributed by atoms with Crippen LogP contribution in [0.25, 0.3) is 0 Å². The molecule has 1 saturated heterocycles. The topological polar surface area (TPSA) is 29.3 Å². The molecule has 2 N–H and O–H groups in total. The molecule has 1 aliphatic heterocycles. The largest absolute Gasteiger partial charge is 0.399 e. The molecular weight excluding hydrogens is 203 g/mol. The lowest BCUT2D eigenvalue weighted by Crippen LogP contribution is -2.24. The van der Waals surface area contributed by atoms with Gasteiger partial charge in [0.15, 0.2) is 0 Å². The van der Waals surface area contributed by atoms with Crippen LogP contribution in [0.4, 0.5) is 15.8 Å². The van der Waals surface area contributed by atoms with Gasteiger partial charge in [0.2, 0.25) is 0 Å². The van der Waals surface area contributed by atoms with E-state index in [2.05, 4.69) is 11.8 Å². The summed E-state index contributed by atoms with van der Waals surface area (Å²) in [5.74, 6) is 0.531. The monoisotopic (exact) mass is 222 g/mol. The number of hydrogen-bond acceptors (Lipinski definition) is 2. The minimum Gasteiger partial charge on any atom is -0.399 e. The number of hydrogen-bond donors (Lipinski definition) is 1. The van der Waals surface area contributed by atoms with Gasteiger partial charge in [-0.1, -0.05) is 6.92 Å². The maximum absolute atomic E-state index is 13.3. The van der Waals surface area contributed by atoms with Gasteiger partial charge < -0.3 is 10.6 Å². The van der Waals surface area contributed by atoms with E-state index in [9.17, 15) is 4.39 Å². The van der Waals surface area contributed by atoms with Gasteiger partial charge in [-0.05, 0) is 43.4 Å². The maximum Gasteiger partial charge on any atom is 0.127 e. The predicted octanol–water partition coefficient (Wildman–Crippen LogP) is 3.03. The molecule has 1 aromatic carbocycles. The highest BCUT2D eigenvalue weighted by Gasteiger charge is 2.14. The van der Waals surface area contributed by atoms with Crippen molar-refractivity contribution in [1.29, 1.82) is 0 Å². The lowest BCUT2D eigenvalue weighted by atomic mass is 10.0. The quantitative estimate of drug-likeness (QED) is 0.740. The number of nitrogens with zero attached hydrogens (tertiary/aromatic N) is 1. The minimum absolute atomic E-state index is 0.243. The van der Waals surface area contributed by atoms with Crippen LogP contribution < -0.4 is 10.6 Å². The number of nitrogen functional groups attached to an aromatic ring is 1. The van der Waals surface area contributed by atoms with Crippen molar-refractivity contribution in [2.75, 3.05) is 23.7 Å². The molecule has 1 aliphatic rings. The van der Waals surface area contributed by atoms with Crippen LogP contribution in [0, 0.1) is 11.7 Å². The molecule has 16 heavy (non-hydrogen) atoms. The van der Waals surface area contributed by atoms with E-state index in [1.807, 2.05) is 6.07 Å². The normalized spacial score (nSPS) is 21.9. The number of rotatable bonds is 1. The van der Waals surface area contributed by atoms with E-state index in [1.165, 1.54) is 25.3 Å². The number of nitrogens with two attached hydrogens (primary N) is 1. The van der Waals surface area contributed by atoms with Gasteiger partial charge in [-0.25, -0.2) is 4.39 Å². The fraction of sp³-hybridized carbons (Fsp3) is 0.538.